The van der Waals surface area contributed by atoms with Crippen molar-refractivity contribution in [3.63, 3.8) is 0 Å². The molecular formula is C24H17Br2IN2O3. The van der Waals surface area contributed by atoms with Crippen LogP contribution in [0, 0.1) is 14.9 Å². The van der Waals surface area contributed by atoms with E-state index in [0.29, 0.717) is 33.8 Å². The molecule has 5 nitrogen and oxygen atoms in total. The molecule has 0 unspecified atom stereocenters. The van der Waals surface area contributed by atoms with Crippen LogP contribution < -0.4 is 14.8 Å². The predicted octanol–water partition coefficient (Wildman–Crippen LogP) is 6.95. The number of methoxy groups -OCH3 is 1. The van der Waals surface area contributed by atoms with Crippen molar-refractivity contribution in [3.8, 4) is 17.6 Å². The quantitative estimate of drug-likeness (QED) is 0.168. The lowest BCUT2D eigenvalue weighted by molar-refractivity contribution is -0.112. The van der Waals surface area contributed by atoms with Gasteiger partial charge in [-0.3, -0.25) is 4.79 Å². The van der Waals surface area contributed by atoms with Crippen LogP contribution in [-0.4, -0.2) is 13.0 Å². The Morgan fingerprint density at radius 3 is 2.41 bits per heavy atom. The van der Waals surface area contributed by atoms with E-state index in [2.05, 4.69) is 59.8 Å². The molecular weight excluding hydrogens is 651 g/mol. The highest BCUT2D eigenvalue weighted by Crippen LogP contribution is 2.35. The van der Waals surface area contributed by atoms with Gasteiger partial charge < -0.3 is 14.8 Å². The zero-order valence-electron chi connectivity index (χ0n) is 16.9. The first-order chi connectivity index (χ1) is 15.4. The highest BCUT2D eigenvalue weighted by molar-refractivity contribution is 14.1. The number of carbonyl (C=O) groups excluding carboxylic acids is 1. The van der Waals surface area contributed by atoms with Crippen LogP contribution in [0.3, 0.4) is 0 Å². The fourth-order valence-electron chi connectivity index (χ4n) is 2.71. The van der Waals surface area contributed by atoms with Crippen molar-refractivity contribution in [1.82, 2.24) is 0 Å². The van der Waals surface area contributed by atoms with Crippen molar-refractivity contribution in [2.75, 3.05) is 12.4 Å². The summed E-state index contributed by atoms with van der Waals surface area (Å²) in [7, 11) is 1.54. The van der Waals surface area contributed by atoms with E-state index in [1.54, 1.807) is 31.4 Å². The Balaban J connectivity index is 1.80. The Bertz CT molecular complexity index is 1190. The van der Waals surface area contributed by atoms with Crippen molar-refractivity contribution in [3.05, 3.63) is 89.9 Å². The van der Waals surface area contributed by atoms with Crippen molar-refractivity contribution in [1.29, 1.82) is 5.26 Å². The van der Waals surface area contributed by atoms with E-state index < -0.39 is 5.91 Å². The molecule has 0 heterocycles. The minimum absolute atomic E-state index is 0.0387. The van der Waals surface area contributed by atoms with Gasteiger partial charge >= 0.3 is 0 Å². The van der Waals surface area contributed by atoms with Gasteiger partial charge in [-0.1, -0.05) is 44.0 Å². The van der Waals surface area contributed by atoms with Crippen molar-refractivity contribution in [2.45, 2.75) is 6.61 Å². The predicted molar refractivity (Wildman–Crippen MR) is 141 cm³/mol. The van der Waals surface area contributed by atoms with E-state index in [4.69, 9.17) is 9.47 Å². The second-order valence-electron chi connectivity index (χ2n) is 6.57. The maximum atomic E-state index is 12.6. The van der Waals surface area contributed by atoms with Crippen LogP contribution in [0.1, 0.15) is 11.1 Å². The average Bonchev–Trinajstić information content (AvgIpc) is 2.79. The van der Waals surface area contributed by atoms with Crippen LogP contribution in [0.15, 0.2) is 75.2 Å². The second-order valence-corrected chi connectivity index (χ2v) is 9.59. The van der Waals surface area contributed by atoms with Gasteiger partial charge in [0.15, 0.2) is 11.5 Å². The number of ether oxygens (including phenoxy) is 2. The number of hydrogen-bond acceptors (Lipinski definition) is 4. The summed E-state index contributed by atoms with van der Waals surface area (Å²) in [6, 6.07) is 20.6. The lowest BCUT2D eigenvalue weighted by atomic mass is 10.1. The molecule has 3 aromatic carbocycles. The van der Waals surface area contributed by atoms with Crippen molar-refractivity contribution < 1.29 is 14.3 Å². The topological polar surface area (TPSA) is 71.3 Å². The van der Waals surface area contributed by atoms with E-state index in [9.17, 15) is 10.1 Å². The zero-order valence-corrected chi connectivity index (χ0v) is 22.2. The summed E-state index contributed by atoms with van der Waals surface area (Å²) in [4.78, 5) is 12.6. The minimum Gasteiger partial charge on any atom is -0.493 e. The monoisotopic (exact) mass is 666 g/mol. The number of halogens is 3. The van der Waals surface area contributed by atoms with E-state index in [1.807, 2.05) is 42.5 Å². The van der Waals surface area contributed by atoms with Gasteiger partial charge in [0.05, 0.1) is 7.11 Å². The molecule has 0 radical (unpaired) electrons. The van der Waals surface area contributed by atoms with E-state index in [0.717, 1.165) is 13.6 Å². The van der Waals surface area contributed by atoms with Gasteiger partial charge in [-0.25, -0.2) is 0 Å². The lowest BCUT2D eigenvalue weighted by Gasteiger charge is -2.13. The molecule has 0 aromatic heterocycles. The number of anilines is 1. The van der Waals surface area contributed by atoms with E-state index >= 15 is 0 Å². The Kier molecular flexibility index (Phi) is 8.73. The molecule has 162 valence electrons. The molecule has 0 spiro atoms. The molecule has 0 bridgehead atoms. The number of rotatable bonds is 7. The third-order valence-corrected chi connectivity index (χ3v) is 6.29. The number of nitrogens with zero attached hydrogens (tertiary/aromatic N) is 1. The fourth-order valence-corrected chi connectivity index (χ4v) is 3.77. The summed E-state index contributed by atoms with van der Waals surface area (Å²) in [5.41, 5.74) is 2.20. The first kappa shape index (κ1) is 24.3. The molecule has 0 aliphatic carbocycles. The Morgan fingerprint density at radius 2 is 1.78 bits per heavy atom. The summed E-state index contributed by atoms with van der Waals surface area (Å²) in [5.74, 6) is 0.545. The largest absolute Gasteiger partial charge is 0.493 e. The van der Waals surface area contributed by atoms with Gasteiger partial charge in [-0.05, 0) is 88.3 Å². The van der Waals surface area contributed by atoms with Gasteiger partial charge in [-0.2, -0.15) is 5.26 Å². The van der Waals surface area contributed by atoms with Crippen LogP contribution in [-0.2, 0) is 11.4 Å². The molecule has 0 atom stereocenters. The fraction of sp³-hybridized carbons (Fsp3) is 0.0833. The van der Waals surface area contributed by atoms with Crippen LogP contribution in [0.5, 0.6) is 11.5 Å². The lowest BCUT2D eigenvalue weighted by Crippen LogP contribution is -2.13. The molecule has 0 saturated carbocycles. The number of nitrogens with one attached hydrogen (secondary N) is 1. The normalized spacial score (nSPS) is 10.9. The van der Waals surface area contributed by atoms with Crippen LogP contribution >= 0.6 is 54.5 Å². The van der Waals surface area contributed by atoms with Crippen LogP contribution in [0.25, 0.3) is 6.08 Å². The third kappa shape index (κ3) is 6.58. The molecule has 0 saturated heterocycles. The number of carbonyl (C=O) groups is 1. The second kappa shape index (κ2) is 11.5. The van der Waals surface area contributed by atoms with Crippen LogP contribution in [0.2, 0.25) is 0 Å². The van der Waals surface area contributed by atoms with E-state index in [1.165, 1.54) is 6.08 Å². The smallest absolute Gasteiger partial charge is 0.266 e. The molecule has 32 heavy (non-hydrogen) atoms. The SMILES string of the molecule is COc1cc(/C=C(/C#N)C(=O)Nc2ccc(Br)cc2)c(Br)cc1OCc1ccc(I)cc1. The number of benzene rings is 3. The number of nitriles is 1. The molecule has 8 heteroatoms. The molecule has 3 rings (SSSR count). The van der Waals surface area contributed by atoms with Gasteiger partial charge in [0, 0.05) is 18.2 Å². The van der Waals surface area contributed by atoms with Gasteiger partial charge in [-0.15, -0.1) is 0 Å². The molecule has 0 aliphatic heterocycles. The van der Waals surface area contributed by atoms with Crippen molar-refractivity contribution in [2.24, 2.45) is 0 Å². The Morgan fingerprint density at radius 1 is 1.09 bits per heavy atom. The summed E-state index contributed by atoms with van der Waals surface area (Å²) >= 11 is 9.10. The summed E-state index contributed by atoms with van der Waals surface area (Å²) in [6.45, 7) is 0.383. The van der Waals surface area contributed by atoms with Gasteiger partial charge in [0.25, 0.3) is 5.91 Å². The highest BCUT2D eigenvalue weighted by atomic mass is 127. The van der Waals surface area contributed by atoms with Gasteiger partial charge in [0.1, 0.15) is 18.2 Å². The zero-order chi connectivity index (χ0) is 23.1. The maximum Gasteiger partial charge on any atom is 0.266 e. The highest BCUT2D eigenvalue weighted by Gasteiger charge is 2.14. The summed E-state index contributed by atoms with van der Waals surface area (Å²) < 4.78 is 14.1. The molecule has 0 fully saturated rings. The van der Waals surface area contributed by atoms with Crippen molar-refractivity contribution >= 4 is 72.1 Å². The standard InChI is InChI=1S/C24H17Br2IN2O3/c1-31-22-11-16(10-17(13-28)24(30)29-20-8-4-18(25)5-9-20)21(26)12-23(22)32-14-15-2-6-19(27)7-3-15/h2-12H,14H2,1H3,(H,29,30)/b17-10-. The summed E-state index contributed by atoms with van der Waals surface area (Å²) in [5, 5.41) is 12.2. The number of amides is 1. The van der Waals surface area contributed by atoms with Gasteiger partial charge in [0.2, 0.25) is 0 Å². The van der Waals surface area contributed by atoms with Crippen LogP contribution in [0.4, 0.5) is 5.69 Å². The minimum atomic E-state index is -0.500. The maximum absolute atomic E-state index is 12.6. The third-order valence-electron chi connectivity index (χ3n) is 4.36. The molecule has 0 aliphatic rings. The number of hydrogen-bond donors (Lipinski definition) is 1. The van der Waals surface area contributed by atoms with E-state index in [-0.39, 0.29) is 5.57 Å². The molecule has 1 N–H and O–H groups in total. The Hall–Kier alpha value is -2.35. The molecule has 1 amide bonds. The first-order valence-electron chi connectivity index (χ1n) is 9.33. The summed E-state index contributed by atoms with van der Waals surface area (Å²) in [6.07, 6.45) is 1.50. The Labute approximate surface area is 216 Å². The molecule has 3 aromatic rings. The first-order valence-corrected chi connectivity index (χ1v) is 12.0. The average molecular weight is 668 g/mol.